The number of nitro benzene ring substituents is 1. The van der Waals surface area contributed by atoms with E-state index in [2.05, 4.69) is 5.32 Å². The van der Waals surface area contributed by atoms with Gasteiger partial charge < -0.3 is 10.1 Å². The van der Waals surface area contributed by atoms with Crippen LogP contribution in [0.15, 0.2) is 48.5 Å². The molecular formula is C18H12Cl2N2O4. The molecule has 0 aliphatic rings. The third kappa shape index (κ3) is 3.56. The first-order chi connectivity index (χ1) is 12.4. The van der Waals surface area contributed by atoms with Crippen molar-refractivity contribution in [1.29, 1.82) is 0 Å². The van der Waals surface area contributed by atoms with Gasteiger partial charge in [-0.15, -0.1) is 0 Å². The SMILES string of the molecule is CC(=O)Nc1cc(Oc2ccc3ccccc3c2Cl)c(Cl)cc1[N+](=O)[O-]. The number of anilines is 1. The van der Waals surface area contributed by atoms with Crippen LogP contribution in [0, 0.1) is 10.1 Å². The van der Waals surface area contributed by atoms with Crippen LogP contribution in [0.1, 0.15) is 6.92 Å². The molecule has 0 aliphatic heterocycles. The molecule has 0 unspecified atom stereocenters. The van der Waals surface area contributed by atoms with Crippen molar-refractivity contribution in [1.82, 2.24) is 0 Å². The molecule has 132 valence electrons. The number of amides is 1. The Morgan fingerprint density at radius 1 is 1.12 bits per heavy atom. The molecule has 0 spiro atoms. The number of benzene rings is 3. The summed E-state index contributed by atoms with van der Waals surface area (Å²) in [7, 11) is 0. The summed E-state index contributed by atoms with van der Waals surface area (Å²) in [6, 6.07) is 13.5. The first-order valence-corrected chi connectivity index (χ1v) is 8.23. The highest BCUT2D eigenvalue weighted by Crippen LogP contribution is 2.41. The highest BCUT2D eigenvalue weighted by Gasteiger charge is 2.20. The van der Waals surface area contributed by atoms with E-state index in [1.165, 1.54) is 13.0 Å². The Balaban J connectivity index is 2.06. The van der Waals surface area contributed by atoms with Crippen LogP contribution >= 0.6 is 23.2 Å². The van der Waals surface area contributed by atoms with Crippen LogP contribution in [-0.2, 0) is 4.79 Å². The summed E-state index contributed by atoms with van der Waals surface area (Å²) in [4.78, 5) is 21.8. The standard InChI is InChI=1S/C18H12Cl2N2O4/c1-10(23)21-14-9-17(13(19)8-15(14)22(24)25)26-16-7-6-11-4-2-3-5-12(11)18(16)20/h2-9H,1H3,(H,21,23). The van der Waals surface area contributed by atoms with Crippen molar-refractivity contribution < 1.29 is 14.5 Å². The predicted octanol–water partition coefficient (Wildman–Crippen LogP) is 5.81. The maximum Gasteiger partial charge on any atom is 0.294 e. The second-order valence-corrected chi connectivity index (χ2v) is 6.22. The molecule has 6 nitrogen and oxygen atoms in total. The summed E-state index contributed by atoms with van der Waals surface area (Å²) in [6.45, 7) is 1.25. The van der Waals surface area contributed by atoms with Crippen molar-refractivity contribution in [3.63, 3.8) is 0 Å². The minimum atomic E-state index is -0.635. The van der Waals surface area contributed by atoms with E-state index in [0.717, 1.165) is 16.8 Å². The molecule has 0 atom stereocenters. The lowest BCUT2D eigenvalue weighted by Gasteiger charge is -2.13. The molecule has 0 fully saturated rings. The van der Waals surface area contributed by atoms with Crippen molar-refractivity contribution >= 4 is 51.3 Å². The molecule has 1 amide bonds. The molecule has 3 rings (SSSR count). The molecule has 0 aromatic heterocycles. The molecule has 0 heterocycles. The van der Waals surface area contributed by atoms with Crippen LogP contribution in [-0.4, -0.2) is 10.8 Å². The number of carbonyl (C=O) groups excluding carboxylic acids is 1. The van der Waals surface area contributed by atoms with E-state index in [1.807, 2.05) is 30.3 Å². The van der Waals surface area contributed by atoms with E-state index >= 15 is 0 Å². The Bertz CT molecular complexity index is 1040. The maximum absolute atomic E-state index is 11.3. The van der Waals surface area contributed by atoms with Gasteiger partial charge in [0.15, 0.2) is 0 Å². The van der Waals surface area contributed by atoms with Gasteiger partial charge in [-0.25, -0.2) is 0 Å². The zero-order chi connectivity index (χ0) is 18.8. The number of nitrogens with one attached hydrogen (secondary N) is 1. The minimum absolute atomic E-state index is 0.0150. The van der Waals surface area contributed by atoms with Crippen LogP contribution in [0.25, 0.3) is 10.8 Å². The van der Waals surface area contributed by atoms with E-state index in [-0.39, 0.29) is 22.1 Å². The Hall–Kier alpha value is -2.83. The lowest BCUT2D eigenvalue weighted by molar-refractivity contribution is -0.383. The molecule has 0 saturated heterocycles. The van der Waals surface area contributed by atoms with Gasteiger partial charge in [0.2, 0.25) is 5.91 Å². The van der Waals surface area contributed by atoms with Crippen molar-refractivity contribution in [3.8, 4) is 11.5 Å². The quantitative estimate of drug-likeness (QED) is 0.450. The molecule has 0 bridgehead atoms. The lowest BCUT2D eigenvalue weighted by atomic mass is 10.1. The van der Waals surface area contributed by atoms with E-state index in [9.17, 15) is 14.9 Å². The largest absolute Gasteiger partial charge is 0.454 e. The zero-order valence-electron chi connectivity index (χ0n) is 13.5. The molecule has 0 saturated carbocycles. The number of ether oxygens (including phenoxy) is 1. The fourth-order valence-electron chi connectivity index (χ4n) is 2.47. The molecule has 8 heteroatoms. The summed E-state index contributed by atoms with van der Waals surface area (Å²) in [6.07, 6.45) is 0. The average molecular weight is 391 g/mol. The van der Waals surface area contributed by atoms with Crippen molar-refractivity contribution in [2.45, 2.75) is 6.92 Å². The van der Waals surface area contributed by atoms with Gasteiger partial charge in [0, 0.05) is 24.4 Å². The fraction of sp³-hybridized carbons (Fsp3) is 0.0556. The Morgan fingerprint density at radius 3 is 2.54 bits per heavy atom. The summed E-state index contributed by atoms with van der Waals surface area (Å²) in [5.74, 6) is 0.0261. The van der Waals surface area contributed by atoms with E-state index < -0.39 is 10.8 Å². The van der Waals surface area contributed by atoms with Gasteiger partial charge in [-0.2, -0.15) is 0 Å². The van der Waals surface area contributed by atoms with E-state index in [4.69, 9.17) is 27.9 Å². The predicted molar refractivity (Wildman–Crippen MR) is 101 cm³/mol. The van der Waals surface area contributed by atoms with Gasteiger partial charge in [0.05, 0.1) is 15.0 Å². The molecule has 1 N–H and O–H groups in total. The number of carbonyl (C=O) groups is 1. The lowest BCUT2D eigenvalue weighted by Crippen LogP contribution is -2.08. The van der Waals surface area contributed by atoms with Crippen LogP contribution < -0.4 is 10.1 Å². The minimum Gasteiger partial charge on any atom is -0.454 e. The first kappa shape index (κ1) is 18.0. The van der Waals surface area contributed by atoms with E-state index in [0.29, 0.717) is 10.8 Å². The second-order valence-electron chi connectivity index (χ2n) is 5.44. The number of nitrogens with zero attached hydrogens (tertiary/aromatic N) is 1. The Labute approximate surface area is 158 Å². The van der Waals surface area contributed by atoms with Crippen LogP contribution in [0.2, 0.25) is 10.0 Å². The number of fused-ring (bicyclic) bond motifs is 1. The van der Waals surface area contributed by atoms with Gasteiger partial charge in [0.1, 0.15) is 17.2 Å². The normalized spacial score (nSPS) is 10.6. The Morgan fingerprint density at radius 2 is 1.85 bits per heavy atom. The molecule has 0 radical (unpaired) electrons. The van der Waals surface area contributed by atoms with Crippen LogP contribution in [0.5, 0.6) is 11.5 Å². The van der Waals surface area contributed by atoms with Gasteiger partial charge >= 0.3 is 0 Å². The van der Waals surface area contributed by atoms with E-state index in [1.54, 1.807) is 6.07 Å². The van der Waals surface area contributed by atoms with Crippen molar-refractivity contribution in [2.75, 3.05) is 5.32 Å². The zero-order valence-corrected chi connectivity index (χ0v) is 15.0. The second kappa shape index (κ2) is 7.19. The topological polar surface area (TPSA) is 81.5 Å². The van der Waals surface area contributed by atoms with Crippen LogP contribution in [0.4, 0.5) is 11.4 Å². The number of rotatable bonds is 4. The maximum atomic E-state index is 11.3. The number of hydrogen-bond acceptors (Lipinski definition) is 4. The molecule has 3 aromatic carbocycles. The average Bonchev–Trinajstić information content (AvgIpc) is 2.59. The summed E-state index contributed by atoms with van der Waals surface area (Å²) in [5, 5.41) is 15.7. The third-order valence-electron chi connectivity index (χ3n) is 3.61. The number of halogens is 2. The summed E-state index contributed by atoms with van der Waals surface area (Å²) in [5.41, 5.74) is -0.346. The van der Waals surface area contributed by atoms with Crippen LogP contribution in [0.3, 0.4) is 0 Å². The highest BCUT2D eigenvalue weighted by atomic mass is 35.5. The molecule has 3 aromatic rings. The smallest absolute Gasteiger partial charge is 0.294 e. The van der Waals surface area contributed by atoms with Gasteiger partial charge in [-0.3, -0.25) is 14.9 Å². The molecular weight excluding hydrogens is 379 g/mol. The van der Waals surface area contributed by atoms with Crippen molar-refractivity contribution in [3.05, 3.63) is 68.7 Å². The first-order valence-electron chi connectivity index (χ1n) is 7.47. The molecule has 26 heavy (non-hydrogen) atoms. The summed E-state index contributed by atoms with van der Waals surface area (Å²) >= 11 is 12.5. The fourth-order valence-corrected chi connectivity index (χ4v) is 2.94. The van der Waals surface area contributed by atoms with Gasteiger partial charge in [-0.1, -0.05) is 53.5 Å². The van der Waals surface area contributed by atoms with Gasteiger partial charge in [0.25, 0.3) is 5.69 Å². The number of hydrogen-bond donors (Lipinski definition) is 1. The number of nitro groups is 1. The third-order valence-corrected chi connectivity index (χ3v) is 4.29. The monoisotopic (exact) mass is 390 g/mol. The highest BCUT2D eigenvalue weighted by molar-refractivity contribution is 6.37. The van der Waals surface area contributed by atoms with Gasteiger partial charge in [-0.05, 0) is 11.5 Å². The van der Waals surface area contributed by atoms with Crippen molar-refractivity contribution in [2.24, 2.45) is 0 Å². The summed E-state index contributed by atoms with van der Waals surface area (Å²) < 4.78 is 5.77. The Kier molecular flexibility index (Phi) is 4.97. The molecule has 0 aliphatic carbocycles.